The van der Waals surface area contributed by atoms with E-state index in [-0.39, 0.29) is 12.0 Å². The normalized spacial score (nSPS) is 24.3. The van der Waals surface area contributed by atoms with Crippen molar-refractivity contribution in [3.63, 3.8) is 0 Å². The van der Waals surface area contributed by atoms with Gasteiger partial charge in [-0.25, -0.2) is 4.79 Å². The number of hydrogen-bond donors (Lipinski definition) is 0. The van der Waals surface area contributed by atoms with Crippen LogP contribution in [0.1, 0.15) is 58.3 Å². The van der Waals surface area contributed by atoms with Crippen molar-refractivity contribution in [1.82, 2.24) is 4.90 Å². The molecule has 0 aromatic heterocycles. The second kappa shape index (κ2) is 6.27. The molecule has 0 bridgehead atoms. The molecule has 0 radical (unpaired) electrons. The summed E-state index contributed by atoms with van der Waals surface area (Å²) in [5, 5.41) is 9.22. The fourth-order valence-corrected chi connectivity index (χ4v) is 3.21. The van der Waals surface area contributed by atoms with E-state index in [1.165, 1.54) is 12.8 Å². The number of amides is 1. The molecule has 106 valence electrons. The van der Waals surface area contributed by atoms with E-state index in [9.17, 15) is 10.1 Å². The van der Waals surface area contributed by atoms with Crippen LogP contribution in [0.2, 0.25) is 0 Å². The van der Waals surface area contributed by atoms with Crippen LogP contribution in [0.25, 0.3) is 0 Å². The van der Waals surface area contributed by atoms with Crippen molar-refractivity contribution < 1.29 is 9.53 Å². The molecule has 1 amide bonds. The number of ether oxygens (including phenoxy) is 1. The number of nitrogens with zero attached hydrogens (tertiary/aromatic N) is 2. The van der Waals surface area contributed by atoms with Crippen LogP contribution >= 0.6 is 0 Å². The molecular formula is C15H24N2O2. The van der Waals surface area contributed by atoms with Crippen LogP contribution in [0.3, 0.4) is 0 Å². The van der Waals surface area contributed by atoms with Gasteiger partial charge in [0, 0.05) is 13.1 Å². The molecule has 1 saturated carbocycles. The molecule has 4 nitrogen and oxygen atoms in total. The van der Waals surface area contributed by atoms with Gasteiger partial charge in [-0.2, -0.15) is 5.26 Å². The van der Waals surface area contributed by atoms with E-state index in [1.807, 2.05) is 11.8 Å². The second-order valence-corrected chi connectivity index (χ2v) is 5.89. The maximum Gasteiger partial charge on any atom is 0.410 e. The lowest BCUT2D eigenvalue weighted by Crippen LogP contribution is -2.47. The van der Waals surface area contributed by atoms with Crippen molar-refractivity contribution in [1.29, 1.82) is 5.26 Å². The van der Waals surface area contributed by atoms with Gasteiger partial charge in [-0.1, -0.05) is 6.42 Å². The maximum absolute atomic E-state index is 12.3. The van der Waals surface area contributed by atoms with Gasteiger partial charge in [0.15, 0.2) is 0 Å². The summed E-state index contributed by atoms with van der Waals surface area (Å²) in [4.78, 5) is 14.1. The first-order valence-electron chi connectivity index (χ1n) is 7.55. The predicted octanol–water partition coefficient (Wildman–Crippen LogP) is 3.47. The molecule has 1 saturated heterocycles. The minimum atomic E-state index is -0.540. The summed E-state index contributed by atoms with van der Waals surface area (Å²) >= 11 is 0. The van der Waals surface area contributed by atoms with Crippen LogP contribution in [0, 0.1) is 17.2 Å². The first kappa shape index (κ1) is 14.2. The topological polar surface area (TPSA) is 53.3 Å². The van der Waals surface area contributed by atoms with Gasteiger partial charge in [0.05, 0.1) is 12.0 Å². The third kappa shape index (κ3) is 3.20. The Morgan fingerprint density at radius 2 is 1.74 bits per heavy atom. The number of carbonyl (C=O) groups is 1. The third-order valence-electron chi connectivity index (χ3n) is 4.59. The summed E-state index contributed by atoms with van der Waals surface area (Å²) in [7, 11) is 0. The minimum absolute atomic E-state index is 0.205. The molecule has 2 fully saturated rings. The Morgan fingerprint density at radius 3 is 2.32 bits per heavy atom. The summed E-state index contributed by atoms with van der Waals surface area (Å²) in [6.07, 6.45) is 8.08. The molecular weight excluding hydrogens is 240 g/mol. The van der Waals surface area contributed by atoms with Crippen LogP contribution in [0.5, 0.6) is 0 Å². The highest BCUT2D eigenvalue weighted by Gasteiger charge is 2.42. The summed E-state index contributed by atoms with van der Waals surface area (Å²) in [6, 6.07) is 2.29. The molecule has 1 aliphatic heterocycles. The molecule has 0 N–H and O–H groups in total. The van der Waals surface area contributed by atoms with Crippen LogP contribution in [0.15, 0.2) is 0 Å². The largest absolute Gasteiger partial charge is 0.441 e. The number of rotatable bonds is 2. The van der Waals surface area contributed by atoms with Crippen LogP contribution < -0.4 is 0 Å². The summed E-state index contributed by atoms with van der Waals surface area (Å²) in [5.41, 5.74) is -0.540. The molecule has 1 heterocycles. The zero-order valence-electron chi connectivity index (χ0n) is 11.9. The van der Waals surface area contributed by atoms with Gasteiger partial charge in [0.2, 0.25) is 0 Å². The van der Waals surface area contributed by atoms with Gasteiger partial charge < -0.3 is 9.64 Å². The molecule has 2 aliphatic rings. The van der Waals surface area contributed by atoms with Gasteiger partial charge in [0.1, 0.15) is 5.60 Å². The molecule has 2 rings (SSSR count). The van der Waals surface area contributed by atoms with E-state index >= 15 is 0 Å². The van der Waals surface area contributed by atoms with E-state index in [0.717, 1.165) is 51.6 Å². The lowest BCUT2D eigenvalue weighted by molar-refractivity contribution is -0.0563. The Morgan fingerprint density at radius 1 is 1.16 bits per heavy atom. The van der Waals surface area contributed by atoms with E-state index in [2.05, 4.69) is 6.07 Å². The quantitative estimate of drug-likeness (QED) is 0.767. The Bertz CT molecular complexity index is 350. The number of carbonyl (C=O) groups excluding carboxylic acids is 1. The first-order valence-corrected chi connectivity index (χ1v) is 7.55. The summed E-state index contributed by atoms with van der Waals surface area (Å²) in [6.45, 7) is 3.49. The Balaban J connectivity index is 2.03. The molecule has 1 atom stereocenters. The van der Waals surface area contributed by atoms with Gasteiger partial charge in [-0.3, -0.25) is 0 Å². The van der Waals surface area contributed by atoms with Crippen molar-refractivity contribution in [2.75, 3.05) is 13.1 Å². The number of nitriles is 1. The van der Waals surface area contributed by atoms with Crippen LogP contribution in [-0.2, 0) is 4.74 Å². The minimum Gasteiger partial charge on any atom is -0.441 e. The molecule has 19 heavy (non-hydrogen) atoms. The van der Waals surface area contributed by atoms with E-state index in [0.29, 0.717) is 0 Å². The smallest absolute Gasteiger partial charge is 0.410 e. The molecule has 4 heteroatoms. The zero-order valence-corrected chi connectivity index (χ0v) is 11.9. The molecule has 0 aromatic rings. The summed E-state index contributed by atoms with van der Waals surface area (Å²) in [5.74, 6) is -0.221. The Labute approximate surface area is 115 Å². The number of hydrogen-bond acceptors (Lipinski definition) is 3. The number of likely N-dealkylation sites (tertiary alicyclic amines) is 1. The van der Waals surface area contributed by atoms with E-state index in [4.69, 9.17) is 4.74 Å². The second-order valence-electron chi connectivity index (χ2n) is 5.89. The molecule has 1 unspecified atom stereocenters. The van der Waals surface area contributed by atoms with Crippen molar-refractivity contribution in [3.05, 3.63) is 0 Å². The fraction of sp³-hybridized carbons (Fsp3) is 0.867. The lowest BCUT2D eigenvalue weighted by Gasteiger charge is -2.40. The van der Waals surface area contributed by atoms with Crippen molar-refractivity contribution in [2.45, 2.75) is 63.9 Å². The molecule has 1 aliphatic carbocycles. The van der Waals surface area contributed by atoms with E-state index < -0.39 is 5.60 Å². The number of piperidine rings is 1. The van der Waals surface area contributed by atoms with Crippen LogP contribution in [0.4, 0.5) is 4.79 Å². The highest BCUT2D eigenvalue weighted by atomic mass is 16.6. The highest BCUT2D eigenvalue weighted by Crippen LogP contribution is 2.38. The van der Waals surface area contributed by atoms with Crippen molar-refractivity contribution >= 4 is 6.09 Å². The molecule has 0 aromatic carbocycles. The average molecular weight is 264 g/mol. The van der Waals surface area contributed by atoms with Gasteiger partial charge in [0.25, 0.3) is 0 Å². The van der Waals surface area contributed by atoms with Gasteiger partial charge in [-0.05, 0) is 51.9 Å². The third-order valence-corrected chi connectivity index (χ3v) is 4.59. The highest BCUT2D eigenvalue weighted by molar-refractivity contribution is 5.68. The Kier molecular flexibility index (Phi) is 4.68. The maximum atomic E-state index is 12.3. The summed E-state index contributed by atoms with van der Waals surface area (Å²) < 4.78 is 5.84. The average Bonchev–Trinajstić information content (AvgIpc) is 2.48. The van der Waals surface area contributed by atoms with Gasteiger partial charge >= 0.3 is 6.09 Å². The zero-order chi connectivity index (χ0) is 13.7. The van der Waals surface area contributed by atoms with Crippen molar-refractivity contribution in [3.8, 4) is 6.07 Å². The molecule has 0 spiro atoms. The van der Waals surface area contributed by atoms with E-state index in [1.54, 1.807) is 0 Å². The predicted molar refractivity (Wildman–Crippen MR) is 72.5 cm³/mol. The fourth-order valence-electron chi connectivity index (χ4n) is 3.21. The lowest BCUT2D eigenvalue weighted by atomic mass is 9.77. The SMILES string of the molecule is CC(C#N)C1(OC(=O)N2CCCCC2)CCCCC1. The van der Waals surface area contributed by atoms with Crippen LogP contribution in [-0.4, -0.2) is 29.7 Å². The monoisotopic (exact) mass is 264 g/mol. The van der Waals surface area contributed by atoms with Crippen molar-refractivity contribution in [2.24, 2.45) is 5.92 Å². The van der Waals surface area contributed by atoms with Gasteiger partial charge in [-0.15, -0.1) is 0 Å². The standard InChI is InChI=1S/C15H24N2O2/c1-13(12-16)15(8-4-2-5-9-15)19-14(18)17-10-6-3-7-11-17/h13H,2-11H2,1H3. The Hall–Kier alpha value is -1.24. The first-order chi connectivity index (χ1) is 9.18.